The van der Waals surface area contributed by atoms with Crippen LogP contribution in [0.4, 0.5) is 0 Å². The monoisotopic (exact) mass is 317 g/mol. The number of hydrogen-bond donors (Lipinski definition) is 0. The third-order valence-electron chi connectivity index (χ3n) is 4.13. The van der Waals surface area contributed by atoms with Gasteiger partial charge in [0.25, 0.3) is 0 Å². The van der Waals surface area contributed by atoms with E-state index >= 15 is 0 Å². The Kier molecular flexibility index (Phi) is 4.15. The quantitative estimate of drug-likeness (QED) is 0.680. The zero-order chi connectivity index (χ0) is 17.3. The minimum absolute atomic E-state index is 0.173. The number of fused-ring (bicyclic) bond motifs is 1. The Morgan fingerprint density at radius 1 is 1.12 bits per heavy atom. The summed E-state index contributed by atoms with van der Waals surface area (Å²) >= 11 is 0. The van der Waals surface area contributed by atoms with Crippen molar-refractivity contribution in [1.29, 1.82) is 5.26 Å². The molecule has 3 heteroatoms. The van der Waals surface area contributed by atoms with Crippen LogP contribution in [0.15, 0.2) is 42.5 Å². The molecule has 1 aromatic carbocycles. The Bertz CT molecular complexity index is 920. The molecule has 2 aromatic heterocycles. The highest BCUT2D eigenvalue weighted by Crippen LogP contribution is 2.29. The molecular weight excluding hydrogens is 294 g/mol. The van der Waals surface area contributed by atoms with Crippen LogP contribution in [0.2, 0.25) is 0 Å². The van der Waals surface area contributed by atoms with Crippen LogP contribution < -0.4 is 0 Å². The summed E-state index contributed by atoms with van der Waals surface area (Å²) in [6.07, 6.45) is 1.85. The first-order valence-electron chi connectivity index (χ1n) is 8.42. The van der Waals surface area contributed by atoms with E-state index < -0.39 is 0 Å². The van der Waals surface area contributed by atoms with Gasteiger partial charge in [-0.1, -0.05) is 39.8 Å². The minimum atomic E-state index is 0.173. The Labute approximate surface area is 143 Å². The van der Waals surface area contributed by atoms with Crippen LogP contribution in [0.5, 0.6) is 0 Å². The van der Waals surface area contributed by atoms with Crippen molar-refractivity contribution in [2.45, 2.75) is 40.5 Å². The molecule has 0 fully saturated rings. The SMILES string of the molecule is CCc1ccc2c(-c3cccc(C#N)c3)cc(CC(C)(C)C)nn12. The lowest BCUT2D eigenvalue weighted by molar-refractivity contribution is 0.403. The largest absolute Gasteiger partial charge is 0.237 e. The number of nitrogens with zero attached hydrogens (tertiary/aromatic N) is 3. The molecule has 0 amide bonds. The van der Waals surface area contributed by atoms with E-state index in [4.69, 9.17) is 5.10 Å². The molecule has 2 heterocycles. The highest BCUT2D eigenvalue weighted by Gasteiger charge is 2.16. The standard InChI is InChI=1S/C21H23N3/c1-5-18-9-10-20-19(16-8-6-7-15(11-16)14-22)12-17(23-24(18)20)13-21(2,3)4/h6-12H,5,13H2,1-4H3. The number of rotatable bonds is 3. The lowest BCUT2D eigenvalue weighted by Gasteiger charge is -2.19. The first-order valence-corrected chi connectivity index (χ1v) is 8.42. The van der Waals surface area contributed by atoms with Gasteiger partial charge in [-0.3, -0.25) is 0 Å². The molecule has 0 saturated carbocycles. The number of aromatic nitrogens is 2. The molecule has 0 aliphatic carbocycles. The Morgan fingerprint density at radius 3 is 2.58 bits per heavy atom. The second kappa shape index (κ2) is 6.13. The van der Waals surface area contributed by atoms with Crippen molar-refractivity contribution >= 4 is 5.52 Å². The van der Waals surface area contributed by atoms with Crippen LogP contribution in [0.3, 0.4) is 0 Å². The maximum atomic E-state index is 9.20. The van der Waals surface area contributed by atoms with Gasteiger partial charge < -0.3 is 0 Å². The van der Waals surface area contributed by atoms with E-state index in [-0.39, 0.29) is 5.41 Å². The fourth-order valence-corrected chi connectivity index (χ4v) is 3.08. The van der Waals surface area contributed by atoms with Crippen LogP contribution in [-0.2, 0) is 12.8 Å². The molecule has 0 aliphatic rings. The lowest BCUT2D eigenvalue weighted by atomic mass is 9.89. The predicted octanol–water partition coefficient (Wildman–Crippen LogP) is 5.02. The molecule has 0 atom stereocenters. The molecule has 0 aliphatic heterocycles. The fraction of sp³-hybridized carbons (Fsp3) is 0.333. The molecular formula is C21H23N3. The van der Waals surface area contributed by atoms with Gasteiger partial charge in [0.2, 0.25) is 0 Å². The van der Waals surface area contributed by atoms with Gasteiger partial charge in [0.1, 0.15) is 0 Å². The zero-order valence-electron chi connectivity index (χ0n) is 14.8. The highest BCUT2D eigenvalue weighted by atomic mass is 15.2. The van der Waals surface area contributed by atoms with E-state index in [1.807, 2.05) is 18.2 Å². The van der Waals surface area contributed by atoms with Crippen LogP contribution in [0.1, 0.15) is 44.6 Å². The maximum Gasteiger partial charge on any atom is 0.0991 e. The number of aryl methyl sites for hydroxylation is 1. The number of nitriles is 1. The van der Waals surface area contributed by atoms with E-state index in [1.54, 1.807) is 0 Å². The van der Waals surface area contributed by atoms with Gasteiger partial charge in [0.15, 0.2) is 0 Å². The van der Waals surface area contributed by atoms with Gasteiger partial charge in [0.05, 0.1) is 22.8 Å². The van der Waals surface area contributed by atoms with Crippen LogP contribution in [0.25, 0.3) is 16.6 Å². The van der Waals surface area contributed by atoms with Crippen molar-refractivity contribution < 1.29 is 0 Å². The Balaban J connectivity index is 2.25. The topological polar surface area (TPSA) is 41.1 Å². The van der Waals surface area contributed by atoms with E-state index in [0.717, 1.165) is 35.2 Å². The summed E-state index contributed by atoms with van der Waals surface area (Å²) in [6.45, 7) is 8.83. The lowest BCUT2D eigenvalue weighted by Crippen LogP contribution is -2.13. The molecule has 122 valence electrons. The summed E-state index contributed by atoms with van der Waals surface area (Å²) in [4.78, 5) is 0. The zero-order valence-corrected chi connectivity index (χ0v) is 14.8. The summed E-state index contributed by atoms with van der Waals surface area (Å²) in [7, 11) is 0. The van der Waals surface area contributed by atoms with E-state index in [2.05, 4.69) is 62.5 Å². The first kappa shape index (κ1) is 16.3. The summed E-state index contributed by atoms with van der Waals surface area (Å²) in [6, 6.07) is 16.5. The summed E-state index contributed by atoms with van der Waals surface area (Å²) < 4.78 is 2.06. The molecule has 24 heavy (non-hydrogen) atoms. The van der Waals surface area contributed by atoms with E-state index in [9.17, 15) is 5.26 Å². The smallest absolute Gasteiger partial charge is 0.0991 e. The fourth-order valence-electron chi connectivity index (χ4n) is 3.08. The molecule has 3 rings (SSSR count). The third kappa shape index (κ3) is 3.19. The highest BCUT2D eigenvalue weighted by molar-refractivity contribution is 5.81. The molecule has 0 bridgehead atoms. The van der Waals surface area contributed by atoms with Gasteiger partial charge in [-0.2, -0.15) is 10.4 Å². The molecule has 0 N–H and O–H groups in total. The average Bonchev–Trinajstić information content (AvgIpc) is 2.95. The van der Waals surface area contributed by atoms with E-state index in [1.165, 1.54) is 5.69 Å². The van der Waals surface area contributed by atoms with Crippen LogP contribution in [0, 0.1) is 16.7 Å². The molecule has 0 radical (unpaired) electrons. The molecule has 3 nitrogen and oxygen atoms in total. The normalized spacial score (nSPS) is 11.6. The van der Waals surface area contributed by atoms with Crippen molar-refractivity contribution in [1.82, 2.24) is 9.61 Å². The predicted molar refractivity (Wildman–Crippen MR) is 97.9 cm³/mol. The molecule has 3 aromatic rings. The average molecular weight is 317 g/mol. The van der Waals surface area contributed by atoms with Gasteiger partial charge >= 0.3 is 0 Å². The third-order valence-corrected chi connectivity index (χ3v) is 4.13. The second-order valence-corrected chi connectivity index (χ2v) is 7.45. The van der Waals surface area contributed by atoms with Gasteiger partial charge in [-0.15, -0.1) is 0 Å². The van der Waals surface area contributed by atoms with Crippen LogP contribution >= 0.6 is 0 Å². The van der Waals surface area contributed by atoms with Gasteiger partial charge in [-0.05, 0) is 54.2 Å². The van der Waals surface area contributed by atoms with Crippen molar-refractivity contribution in [3.63, 3.8) is 0 Å². The molecule has 0 unspecified atom stereocenters. The van der Waals surface area contributed by atoms with Crippen molar-refractivity contribution in [3.8, 4) is 17.2 Å². The maximum absolute atomic E-state index is 9.20. The summed E-state index contributed by atoms with van der Waals surface area (Å²) in [5.74, 6) is 0. The number of hydrogen-bond acceptors (Lipinski definition) is 2. The summed E-state index contributed by atoms with van der Waals surface area (Å²) in [5, 5.41) is 14.1. The van der Waals surface area contributed by atoms with Gasteiger partial charge in [-0.25, -0.2) is 4.52 Å². The van der Waals surface area contributed by atoms with Gasteiger partial charge in [0, 0.05) is 11.3 Å². The number of benzene rings is 1. The van der Waals surface area contributed by atoms with E-state index in [0.29, 0.717) is 5.56 Å². The Hall–Kier alpha value is -2.60. The van der Waals surface area contributed by atoms with Crippen molar-refractivity contribution in [3.05, 3.63) is 59.4 Å². The molecule has 0 saturated heterocycles. The van der Waals surface area contributed by atoms with Crippen molar-refractivity contribution in [2.24, 2.45) is 5.41 Å². The van der Waals surface area contributed by atoms with Crippen LogP contribution in [-0.4, -0.2) is 9.61 Å². The molecule has 0 spiro atoms. The summed E-state index contributed by atoms with van der Waals surface area (Å²) in [5.41, 5.74) is 6.45. The Morgan fingerprint density at radius 2 is 1.92 bits per heavy atom. The minimum Gasteiger partial charge on any atom is -0.237 e. The second-order valence-electron chi connectivity index (χ2n) is 7.45. The van der Waals surface area contributed by atoms with Crippen molar-refractivity contribution in [2.75, 3.05) is 0 Å². The first-order chi connectivity index (χ1) is 11.4.